The van der Waals surface area contributed by atoms with Gasteiger partial charge in [-0.25, -0.2) is 0 Å². The molecule has 3 atom stereocenters. The van der Waals surface area contributed by atoms with E-state index >= 15 is 0 Å². The molecule has 4 aliphatic rings. The van der Waals surface area contributed by atoms with Gasteiger partial charge in [-0.05, 0) is 18.4 Å². The fraction of sp³-hybridized carbons (Fsp3) is 0.524. The lowest BCUT2D eigenvalue weighted by molar-refractivity contribution is -0.140. The summed E-state index contributed by atoms with van der Waals surface area (Å²) in [7, 11) is 0. The van der Waals surface area contributed by atoms with Crippen LogP contribution in [0, 0.1) is 0 Å². The standard InChI is InChI=1S/C21H25N3O4/c25-11-17(26)24-16-7-2-1-6-14(16)23-15-10-22-21(27)18(15)19(24)13-5-3-4-12-8-9-28-20(12)13/h3-5,14,16,19,23,25H,1-2,6-11H2,(H,22,27)/t14-,16?,19-/m1/s1. The number of carbonyl (C=O) groups is 2. The van der Waals surface area contributed by atoms with E-state index in [0.29, 0.717) is 18.7 Å². The zero-order valence-electron chi connectivity index (χ0n) is 15.7. The van der Waals surface area contributed by atoms with Crippen LogP contribution in [-0.4, -0.2) is 53.7 Å². The van der Waals surface area contributed by atoms with Gasteiger partial charge in [-0.3, -0.25) is 9.59 Å². The first-order chi connectivity index (χ1) is 13.7. The normalized spacial score (nSPS) is 28.5. The zero-order valence-corrected chi connectivity index (χ0v) is 15.7. The Labute approximate surface area is 163 Å². The van der Waals surface area contributed by atoms with Crippen LogP contribution in [0.5, 0.6) is 5.75 Å². The molecule has 0 spiro atoms. The van der Waals surface area contributed by atoms with Gasteiger partial charge < -0.3 is 25.4 Å². The highest BCUT2D eigenvalue weighted by atomic mass is 16.5. The summed E-state index contributed by atoms with van der Waals surface area (Å²) in [6.45, 7) is 0.486. The summed E-state index contributed by atoms with van der Waals surface area (Å²) in [5.74, 6) is 0.286. The van der Waals surface area contributed by atoms with Gasteiger partial charge in [0.1, 0.15) is 12.4 Å². The molecule has 1 fully saturated rings. The van der Waals surface area contributed by atoms with Crippen molar-refractivity contribution in [3.63, 3.8) is 0 Å². The topological polar surface area (TPSA) is 90.9 Å². The molecule has 5 rings (SSSR count). The van der Waals surface area contributed by atoms with Crippen LogP contribution in [0.2, 0.25) is 0 Å². The molecule has 0 aromatic heterocycles. The van der Waals surface area contributed by atoms with Crippen LogP contribution in [0.25, 0.3) is 0 Å². The average Bonchev–Trinajstić information content (AvgIpc) is 3.30. The Bertz CT molecular complexity index is 865. The third-order valence-electron chi connectivity index (χ3n) is 6.46. The minimum atomic E-state index is -0.570. The molecule has 2 amide bonds. The SMILES string of the molecule is O=C1NCC2=C1[C@@H](c1cccc3c1OCC3)N(C(=O)CO)C1CCCC[C@H]1N2. The third-order valence-corrected chi connectivity index (χ3v) is 6.46. The monoisotopic (exact) mass is 383 g/mol. The number of fused-ring (bicyclic) bond motifs is 2. The summed E-state index contributed by atoms with van der Waals surface area (Å²) in [6.07, 6.45) is 4.75. The molecule has 1 aliphatic carbocycles. The maximum Gasteiger partial charge on any atom is 0.251 e. The largest absolute Gasteiger partial charge is 0.493 e. The van der Waals surface area contributed by atoms with Crippen molar-refractivity contribution in [2.75, 3.05) is 19.8 Å². The summed E-state index contributed by atoms with van der Waals surface area (Å²) in [4.78, 5) is 27.6. The lowest BCUT2D eigenvalue weighted by Gasteiger charge is -2.42. The maximum absolute atomic E-state index is 13.0. The first-order valence-corrected chi connectivity index (χ1v) is 10.1. The number of rotatable bonds is 2. The number of hydrogen-bond acceptors (Lipinski definition) is 5. The molecule has 1 aromatic rings. The minimum absolute atomic E-state index is 0.0611. The van der Waals surface area contributed by atoms with E-state index < -0.39 is 12.6 Å². The van der Waals surface area contributed by atoms with Gasteiger partial charge in [0, 0.05) is 23.7 Å². The smallest absolute Gasteiger partial charge is 0.251 e. The van der Waals surface area contributed by atoms with Crippen molar-refractivity contribution in [3.8, 4) is 5.75 Å². The van der Waals surface area contributed by atoms with Gasteiger partial charge in [-0.2, -0.15) is 0 Å². The lowest BCUT2D eigenvalue weighted by atomic mass is 9.87. The van der Waals surface area contributed by atoms with Crippen LogP contribution in [0.1, 0.15) is 42.9 Å². The molecule has 0 bridgehead atoms. The summed E-state index contributed by atoms with van der Waals surface area (Å²) < 4.78 is 5.93. The molecule has 7 nitrogen and oxygen atoms in total. The Morgan fingerprint density at radius 3 is 3.00 bits per heavy atom. The number of ether oxygens (including phenoxy) is 1. The highest BCUT2D eigenvalue weighted by Gasteiger charge is 2.47. The van der Waals surface area contributed by atoms with Gasteiger partial charge in [0.2, 0.25) is 5.91 Å². The first kappa shape index (κ1) is 17.6. The van der Waals surface area contributed by atoms with Crippen LogP contribution in [-0.2, 0) is 16.0 Å². The minimum Gasteiger partial charge on any atom is -0.493 e. The molecular weight excluding hydrogens is 358 g/mol. The summed E-state index contributed by atoms with van der Waals surface area (Å²) in [5, 5.41) is 16.3. The predicted octanol–water partition coefficient (Wildman–Crippen LogP) is 0.782. The summed E-state index contributed by atoms with van der Waals surface area (Å²) in [6, 6.07) is 5.43. The number of benzene rings is 1. The molecule has 1 aromatic carbocycles. The Morgan fingerprint density at radius 1 is 1.29 bits per heavy atom. The predicted molar refractivity (Wildman–Crippen MR) is 102 cm³/mol. The van der Waals surface area contributed by atoms with Crippen molar-refractivity contribution in [2.24, 2.45) is 0 Å². The lowest BCUT2D eigenvalue weighted by Crippen LogP contribution is -2.54. The van der Waals surface area contributed by atoms with E-state index in [4.69, 9.17) is 4.74 Å². The molecule has 0 saturated heterocycles. The quantitative estimate of drug-likeness (QED) is 0.702. The van der Waals surface area contributed by atoms with Crippen molar-refractivity contribution in [3.05, 3.63) is 40.6 Å². The molecule has 1 saturated carbocycles. The van der Waals surface area contributed by atoms with Gasteiger partial charge in [0.15, 0.2) is 0 Å². The number of hydrogen-bond donors (Lipinski definition) is 3. The van der Waals surface area contributed by atoms with Crippen LogP contribution in [0.4, 0.5) is 0 Å². The zero-order chi connectivity index (χ0) is 19.3. The van der Waals surface area contributed by atoms with Crippen LogP contribution < -0.4 is 15.4 Å². The Morgan fingerprint density at radius 2 is 2.14 bits per heavy atom. The second-order valence-electron chi connectivity index (χ2n) is 7.97. The number of amides is 2. The van der Waals surface area contributed by atoms with Gasteiger partial charge >= 0.3 is 0 Å². The van der Waals surface area contributed by atoms with Crippen LogP contribution in [0.15, 0.2) is 29.5 Å². The number of nitrogens with zero attached hydrogens (tertiary/aromatic N) is 1. The highest BCUT2D eigenvalue weighted by molar-refractivity contribution is 5.99. The van der Waals surface area contributed by atoms with Crippen molar-refractivity contribution in [2.45, 2.75) is 50.2 Å². The van der Waals surface area contributed by atoms with Crippen molar-refractivity contribution in [1.29, 1.82) is 0 Å². The van der Waals surface area contributed by atoms with E-state index in [1.807, 2.05) is 18.2 Å². The van der Waals surface area contributed by atoms with Crippen molar-refractivity contribution >= 4 is 11.8 Å². The van der Waals surface area contributed by atoms with Gasteiger partial charge in [-0.1, -0.05) is 31.0 Å². The third kappa shape index (κ3) is 2.60. The molecule has 1 unspecified atom stereocenters. The van der Waals surface area contributed by atoms with E-state index in [1.54, 1.807) is 4.90 Å². The molecule has 3 N–H and O–H groups in total. The van der Waals surface area contributed by atoms with Gasteiger partial charge in [-0.15, -0.1) is 0 Å². The second-order valence-corrected chi connectivity index (χ2v) is 7.97. The number of carbonyl (C=O) groups excluding carboxylic acids is 2. The molecule has 3 heterocycles. The van der Waals surface area contributed by atoms with Gasteiger partial charge in [0.05, 0.1) is 30.8 Å². The molecular formula is C21H25N3O4. The van der Waals surface area contributed by atoms with Crippen LogP contribution in [0.3, 0.4) is 0 Å². The summed E-state index contributed by atoms with van der Waals surface area (Å²) in [5.41, 5.74) is 3.40. The Kier molecular flexibility index (Phi) is 4.27. The number of para-hydroxylation sites is 1. The molecule has 7 heteroatoms. The van der Waals surface area contributed by atoms with Crippen molar-refractivity contribution in [1.82, 2.24) is 15.5 Å². The maximum atomic E-state index is 13.0. The fourth-order valence-corrected chi connectivity index (χ4v) is 5.25. The highest BCUT2D eigenvalue weighted by Crippen LogP contribution is 2.45. The second kappa shape index (κ2) is 6.81. The Balaban J connectivity index is 1.72. The van der Waals surface area contributed by atoms with Crippen LogP contribution >= 0.6 is 0 Å². The van der Waals surface area contributed by atoms with E-state index in [0.717, 1.165) is 54.7 Å². The number of nitrogens with one attached hydrogen (secondary N) is 2. The van der Waals surface area contributed by atoms with E-state index in [9.17, 15) is 14.7 Å². The van der Waals surface area contributed by atoms with E-state index in [-0.39, 0.29) is 23.9 Å². The average molecular weight is 383 g/mol. The molecule has 0 radical (unpaired) electrons. The Hall–Kier alpha value is -2.54. The number of aliphatic hydroxyl groups is 1. The molecule has 28 heavy (non-hydrogen) atoms. The molecule has 3 aliphatic heterocycles. The summed E-state index contributed by atoms with van der Waals surface area (Å²) >= 11 is 0. The van der Waals surface area contributed by atoms with E-state index in [1.165, 1.54) is 0 Å². The fourth-order valence-electron chi connectivity index (χ4n) is 5.25. The van der Waals surface area contributed by atoms with Crippen molar-refractivity contribution < 1.29 is 19.4 Å². The van der Waals surface area contributed by atoms with E-state index in [2.05, 4.69) is 10.6 Å². The van der Waals surface area contributed by atoms with Gasteiger partial charge in [0.25, 0.3) is 5.91 Å². The number of aliphatic hydroxyl groups excluding tert-OH is 1. The molecule has 148 valence electrons. The first-order valence-electron chi connectivity index (χ1n) is 10.1.